The van der Waals surface area contributed by atoms with Crippen LogP contribution in [0.25, 0.3) is 5.69 Å². The van der Waals surface area contributed by atoms with Crippen LogP contribution in [-0.4, -0.2) is 54.2 Å². The highest BCUT2D eigenvalue weighted by atomic mass is 35.5. The van der Waals surface area contributed by atoms with E-state index in [1.54, 1.807) is 12.4 Å². The third-order valence-corrected chi connectivity index (χ3v) is 5.46. The van der Waals surface area contributed by atoms with Crippen LogP contribution < -0.4 is 5.32 Å². The summed E-state index contributed by atoms with van der Waals surface area (Å²) in [4.78, 5) is 8.62. The first kappa shape index (κ1) is 15.7. The third kappa shape index (κ3) is 3.64. The van der Waals surface area contributed by atoms with Crippen molar-refractivity contribution in [1.29, 1.82) is 0 Å². The summed E-state index contributed by atoms with van der Waals surface area (Å²) in [5, 5.41) is 14.3. The number of nitrogens with zero attached hydrogens (tertiary/aromatic N) is 7. The van der Waals surface area contributed by atoms with E-state index in [1.165, 1.54) is 36.7 Å². The predicted molar refractivity (Wildman–Crippen MR) is 89.6 cm³/mol. The number of rotatable bonds is 6. The highest BCUT2D eigenvalue weighted by molar-refractivity contribution is 6.13. The second-order valence-electron chi connectivity index (χ2n) is 6.64. The summed E-state index contributed by atoms with van der Waals surface area (Å²) in [6, 6.07) is 0. The van der Waals surface area contributed by atoms with Gasteiger partial charge in [-0.25, -0.2) is 14.4 Å². The zero-order chi connectivity index (χ0) is 16.4. The van der Waals surface area contributed by atoms with E-state index in [1.807, 2.05) is 4.42 Å². The molecular formula is C15H21ClN8. The molecule has 4 rings (SSSR count). The van der Waals surface area contributed by atoms with Crippen LogP contribution in [0, 0.1) is 17.8 Å². The Hall–Kier alpha value is -1.80. The van der Waals surface area contributed by atoms with Crippen molar-refractivity contribution in [1.82, 2.24) is 34.6 Å². The molecule has 3 heterocycles. The number of halogens is 1. The molecule has 0 spiro atoms. The number of piperidine rings is 1. The second kappa shape index (κ2) is 6.98. The number of tetrazole rings is 1. The highest BCUT2D eigenvalue weighted by Crippen LogP contribution is 2.49. The van der Waals surface area contributed by atoms with Crippen LogP contribution in [0.2, 0.25) is 0 Å². The van der Waals surface area contributed by atoms with Crippen LogP contribution in [0.3, 0.4) is 0 Å². The van der Waals surface area contributed by atoms with Gasteiger partial charge in [-0.15, -0.1) is 5.10 Å². The van der Waals surface area contributed by atoms with E-state index in [4.69, 9.17) is 11.8 Å². The van der Waals surface area contributed by atoms with Crippen molar-refractivity contribution in [2.24, 2.45) is 17.8 Å². The van der Waals surface area contributed by atoms with Gasteiger partial charge in [0.15, 0.2) is 0 Å². The molecule has 9 heteroatoms. The lowest BCUT2D eigenvalue weighted by Gasteiger charge is -2.27. The lowest BCUT2D eigenvalue weighted by molar-refractivity contribution is 0.252. The van der Waals surface area contributed by atoms with E-state index in [0.717, 1.165) is 43.1 Å². The van der Waals surface area contributed by atoms with Gasteiger partial charge in [0.2, 0.25) is 5.95 Å². The molecule has 24 heavy (non-hydrogen) atoms. The molecule has 1 aliphatic carbocycles. The van der Waals surface area contributed by atoms with Gasteiger partial charge in [-0.3, -0.25) is 0 Å². The summed E-state index contributed by atoms with van der Waals surface area (Å²) < 4.78 is 3.45. The zero-order valence-electron chi connectivity index (χ0n) is 13.4. The molecule has 0 amide bonds. The van der Waals surface area contributed by atoms with Gasteiger partial charge in [-0.1, -0.05) is 0 Å². The van der Waals surface area contributed by atoms with Gasteiger partial charge >= 0.3 is 0 Å². The highest BCUT2D eigenvalue weighted by Gasteiger charge is 2.42. The summed E-state index contributed by atoms with van der Waals surface area (Å²) >= 11 is 6.04. The average molecular weight is 349 g/mol. The molecule has 2 atom stereocenters. The summed E-state index contributed by atoms with van der Waals surface area (Å²) in [5.74, 6) is 3.28. The summed E-state index contributed by atoms with van der Waals surface area (Å²) in [7, 11) is 0. The van der Waals surface area contributed by atoms with Crippen molar-refractivity contribution in [3.8, 4) is 5.69 Å². The monoisotopic (exact) mass is 348 g/mol. The lowest BCUT2D eigenvalue weighted by atomic mass is 9.91. The molecule has 0 unspecified atom stereocenters. The van der Waals surface area contributed by atoms with Crippen LogP contribution >= 0.6 is 11.8 Å². The first-order chi connectivity index (χ1) is 11.8. The van der Waals surface area contributed by atoms with Crippen LogP contribution in [0.1, 0.15) is 25.7 Å². The van der Waals surface area contributed by atoms with Gasteiger partial charge in [-0.05, 0) is 65.6 Å². The fourth-order valence-electron chi connectivity index (χ4n) is 3.66. The van der Waals surface area contributed by atoms with Gasteiger partial charge in [0.25, 0.3) is 0 Å². The fraction of sp³-hybridized carbons (Fsp3) is 0.667. The van der Waals surface area contributed by atoms with Crippen molar-refractivity contribution in [2.45, 2.75) is 25.7 Å². The van der Waals surface area contributed by atoms with Gasteiger partial charge in [0.1, 0.15) is 12.0 Å². The van der Waals surface area contributed by atoms with E-state index in [9.17, 15) is 0 Å². The normalized spacial score (nSPS) is 24.9. The SMILES string of the molecule is ClN1CCC([C@@H]2C[C@H]2CCNc2ncc(-n3cnnn3)cn2)CC1. The third-order valence-electron chi connectivity index (χ3n) is 5.12. The molecule has 8 nitrogen and oxygen atoms in total. The van der Waals surface area contributed by atoms with Crippen molar-refractivity contribution in [2.75, 3.05) is 25.0 Å². The molecule has 1 saturated heterocycles. The topological polar surface area (TPSA) is 84.7 Å². The molecule has 1 saturated carbocycles. The van der Waals surface area contributed by atoms with Crippen molar-refractivity contribution in [3.63, 3.8) is 0 Å². The van der Waals surface area contributed by atoms with Crippen LogP contribution in [0.15, 0.2) is 18.7 Å². The molecule has 0 radical (unpaired) electrons. The van der Waals surface area contributed by atoms with E-state index in [0.29, 0.717) is 5.95 Å². The maximum absolute atomic E-state index is 6.04. The maximum Gasteiger partial charge on any atom is 0.222 e. The summed E-state index contributed by atoms with van der Waals surface area (Å²) in [6.07, 6.45) is 10.0. The van der Waals surface area contributed by atoms with Crippen molar-refractivity contribution >= 4 is 17.7 Å². The first-order valence-electron chi connectivity index (χ1n) is 8.49. The smallest absolute Gasteiger partial charge is 0.222 e. The fourth-order valence-corrected chi connectivity index (χ4v) is 3.85. The minimum atomic E-state index is 0.652. The Morgan fingerprint density at radius 3 is 2.71 bits per heavy atom. The molecule has 0 aromatic carbocycles. The van der Waals surface area contributed by atoms with Crippen molar-refractivity contribution in [3.05, 3.63) is 18.7 Å². The average Bonchev–Trinajstić information content (AvgIpc) is 3.16. The van der Waals surface area contributed by atoms with Crippen molar-refractivity contribution < 1.29 is 0 Å². The Bertz CT molecular complexity index is 638. The molecule has 2 aliphatic rings. The van der Waals surface area contributed by atoms with Crippen LogP contribution in [-0.2, 0) is 0 Å². The molecule has 0 bridgehead atoms. The number of aromatic nitrogens is 6. The Morgan fingerprint density at radius 2 is 2.00 bits per heavy atom. The Kier molecular flexibility index (Phi) is 4.57. The Balaban J connectivity index is 1.20. The molecule has 1 aliphatic heterocycles. The summed E-state index contributed by atoms with van der Waals surface area (Å²) in [5.41, 5.74) is 0.749. The minimum absolute atomic E-state index is 0.652. The Morgan fingerprint density at radius 1 is 1.21 bits per heavy atom. The number of anilines is 1. The maximum atomic E-state index is 6.04. The van der Waals surface area contributed by atoms with E-state index in [-0.39, 0.29) is 0 Å². The van der Waals surface area contributed by atoms with Gasteiger partial charge in [0, 0.05) is 19.6 Å². The molecule has 2 aromatic rings. The lowest BCUT2D eigenvalue weighted by Crippen LogP contribution is -2.27. The van der Waals surface area contributed by atoms with Gasteiger partial charge in [-0.2, -0.15) is 4.68 Å². The van der Waals surface area contributed by atoms with E-state index >= 15 is 0 Å². The number of nitrogens with one attached hydrogen (secondary N) is 1. The standard InChI is InChI=1S/C15H21ClN8/c16-23-5-2-11(3-6-23)14-7-12(14)1-4-17-15-18-8-13(9-19-15)24-10-20-21-22-24/h8-12,14H,1-7H2,(H,17,18,19)/t12-,14+/m1/s1. The minimum Gasteiger partial charge on any atom is -0.354 e. The summed E-state index contributed by atoms with van der Waals surface area (Å²) in [6.45, 7) is 2.99. The molecule has 1 N–H and O–H groups in total. The van der Waals surface area contributed by atoms with E-state index < -0.39 is 0 Å². The first-order valence-corrected chi connectivity index (χ1v) is 8.83. The number of hydrogen-bond acceptors (Lipinski definition) is 7. The van der Waals surface area contributed by atoms with E-state index in [2.05, 4.69) is 30.8 Å². The predicted octanol–water partition coefficient (Wildman–Crippen LogP) is 1.76. The van der Waals surface area contributed by atoms with Crippen LogP contribution in [0.4, 0.5) is 5.95 Å². The largest absolute Gasteiger partial charge is 0.354 e. The second-order valence-corrected chi connectivity index (χ2v) is 7.12. The van der Waals surface area contributed by atoms with Gasteiger partial charge < -0.3 is 5.32 Å². The van der Waals surface area contributed by atoms with Crippen LogP contribution in [0.5, 0.6) is 0 Å². The molecular weight excluding hydrogens is 328 g/mol. The quantitative estimate of drug-likeness (QED) is 0.796. The molecule has 2 fully saturated rings. The molecule has 128 valence electrons. The Labute approximate surface area is 145 Å². The molecule has 2 aromatic heterocycles. The van der Waals surface area contributed by atoms with Gasteiger partial charge in [0.05, 0.1) is 12.4 Å². The number of hydrogen-bond donors (Lipinski definition) is 1. The zero-order valence-corrected chi connectivity index (χ0v) is 14.2.